The number of nitrogens with one attached hydrogen (secondary N) is 1. The predicted molar refractivity (Wildman–Crippen MR) is 54.7 cm³/mol. The first-order valence-corrected chi connectivity index (χ1v) is 5.23. The summed E-state index contributed by atoms with van der Waals surface area (Å²) in [4.78, 5) is 2.34. The summed E-state index contributed by atoms with van der Waals surface area (Å²) >= 11 is 0. The molecule has 0 saturated carbocycles. The van der Waals surface area contributed by atoms with E-state index in [9.17, 15) is 5.11 Å². The third-order valence-corrected chi connectivity index (χ3v) is 2.67. The Morgan fingerprint density at radius 2 is 2.23 bits per heavy atom. The van der Waals surface area contributed by atoms with Crippen molar-refractivity contribution in [1.29, 1.82) is 0 Å². The Morgan fingerprint density at radius 1 is 1.54 bits per heavy atom. The fraction of sp³-hybridized carbons (Fsp3) is 1.00. The summed E-state index contributed by atoms with van der Waals surface area (Å²) < 4.78 is 0. The molecule has 1 aliphatic heterocycles. The van der Waals surface area contributed by atoms with Gasteiger partial charge in [0.1, 0.15) is 0 Å². The monoisotopic (exact) mass is 186 g/mol. The summed E-state index contributed by atoms with van der Waals surface area (Å²) in [7, 11) is 0. The molecule has 2 atom stereocenters. The molecular formula is C10H22N2O. The Kier molecular flexibility index (Phi) is 4.16. The molecule has 0 aliphatic carbocycles. The molecule has 3 heteroatoms. The smallest absolute Gasteiger partial charge is 0.0689 e. The van der Waals surface area contributed by atoms with Gasteiger partial charge in [-0.15, -0.1) is 0 Å². The number of aliphatic hydroxyl groups is 1. The van der Waals surface area contributed by atoms with Crippen molar-refractivity contribution in [1.82, 2.24) is 10.2 Å². The van der Waals surface area contributed by atoms with Crippen LogP contribution in [0.25, 0.3) is 0 Å². The zero-order valence-electron chi connectivity index (χ0n) is 8.95. The van der Waals surface area contributed by atoms with E-state index in [0.29, 0.717) is 12.0 Å². The van der Waals surface area contributed by atoms with Crippen LogP contribution in [-0.4, -0.2) is 48.3 Å². The number of aliphatic hydroxyl groups excluding tert-OH is 1. The van der Waals surface area contributed by atoms with Crippen molar-refractivity contribution < 1.29 is 5.11 Å². The summed E-state index contributed by atoms with van der Waals surface area (Å²) in [5.74, 6) is 0.366. The number of rotatable bonds is 3. The summed E-state index contributed by atoms with van der Waals surface area (Å²) in [6, 6.07) is 0.563. The molecule has 2 N–H and O–H groups in total. The Labute approximate surface area is 81.1 Å². The molecule has 0 aromatic heterocycles. The van der Waals surface area contributed by atoms with E-state index in [1.807, 2.05) is 0 Å². The molecule has 0 spiro atoms. The molecule has 13 heavy (non-hydrogen) atoms. The SMILES string of the molecule is CC1CN(CC(O)C(C)C)CCN1. The van der Waals surface area contributed by atoms with Gasteiger partial charge in [-0.1, -0.05) is 13.8 Å². The molecule has 1 fully saturated rings. The Bertz CT molecular complexity index is 150. The molecule has 1 rings (SSSR count). The quantitative estimate of drug-likeness (QED) is 0.665. The van der Waals surface area contributed by atoms with Crippen LogP contribution in [0.2, 0.25) is 0 Å². The van der Waals surface area contributed by atoms with Crippen LogP contribution in [0.15, 0.2) is 0 Å². The van der Waals surface area contributed by atoms with E-state index >= 15 is 0 Å². The standard InChI is InChI=1S/C10H22N2O/c1-8(2)10(13)7-12-5-4-11-9(3)6-12/h8-11,13H,4-7H2,1-3H3. The average molecular weight is 186 g/mol. The lowest BCUT2D eigenvalue weighted by Gasteiger charge is -2.33. The third-order valence-electron chi connectivity index (χ3n) is 2.67. The van der Waals surface area contributed by atoms with E-state index in [2.05, 4.69) is 31.0 Å². The highest BCUT2D eigenvalue weighted by atomic mass is 16.3. The molecular weight excluding hydrogens is 164 g/mol. The zero-order chi connectivity index (χ0) is 9.84. The van der Waals surface area contributed by atoms with Gasteiger partial charge < -0.3 is 10.4 Å². The Morgan fingerprint density at radius 3 is 2.77 bits per heavy atom. The van der Waals surface area contributed by atoms with E-state index < -0.39 is 0 Å². The van der Waals surface area contributed by atoms with Crippen LogP contribution in [0.3, 0.4) is 0 Å². The first kappa shape index (κ1) is 11.0. The molecule has 0 radical (unpaired) electrons. The van der Waals surface area contributed by atoms with E-state index in [1.165, 1.54) is 0 Å². The van der Waals surface area contributed by atoms with Gasteiger partial charge in [-0.2, -0.15) is 0 Å². The predicted octanol–water partition coefficient (Wildman–Crippen LogP) is 0.297. The van der Waals surface area contributed by atoms with Crippen LogP contribution >= 0.6 is 0 Å². The second-order valence-electron chi connectivity index (χ2n) is 4.43. The minimum absolute atomic E-state index is 0.176. The number of piperazine rings is 1. The minimum Gasteiger partial charge on any atom is -0.392 e. The number of hydrogen-bond donors (Lipinski definition) is 2. The number of nitrogens with zero attached hydrogens (tertiary/aromatic N) is 1. The van der Waals surface area contributed by atoms with Gasteiger partial charge in [0, 0.05) is 32.2 Å². The van der Waals surface area contributed by atoms with Gasteiger partial charge in [0.25, 0.3) is 0 Å². The van der Waals surface area contributed by atoms with Crippen molar-refractivity contribution in [2.45, 2.75) is 32.9 Å². The van der Waals surface area contributed by atoms with E-state index in [-0.39, 0.29) is 6.10 Å². The van der Waals surface area contributed by atoms with Crippen molar-refractivity contribution in [2.75, 3.05) is 26.2 Å². The minimum atomic E-state index is -0.176. The maximum atomic E-state index is 9.70. The maximum absolute atomic E-state index is 9.70. The van der Waals surface area contributed by atoms with Gasteiger partial charge in [-0.05, 0) is 12.8 Å². The van der Waals surface area contributed by atoms with Crippen LogP contribution in [0.4, 0.5) is 0 Å². The van der Waals surface area contributed by atoms with Crippen LogP contribution in [0.1, 0.15) is 20.8 Å². The van der Waals surface area contributed by atoms with Crippen molar-refractivity contribution in [3.8, 4) is 0 Å². The van der Waals surface area contributed by atoms with Crippen LogP contribution in [0, 0.1) is 5.92 Å². The highest BCUT2D eigenvalue weighted by Crippen LogP contribution is 2.06. The topological polar surface area (TPSA) is 35.5 Å². The van der Waals surface area contributed by atoms with Crippen molar-refractivity contribution >= 4 is 0 Å². The van der Waals surface area contributed by atoms with Crippen molar-refractivity contribution in [3.63, 3.8) is 0 Å². The second-order valence-corrected chi connectivity index (χ2v) is 4.43. The fourth-order valence-electron chi connectivity index (χ4n) is 1.65. The summed E-state index contributed by atoms with van der Waals surface area (Å²) in [5.41, 5.74) is 0. The second kappa shape index (κ2) is 4.94. The number of β-amino-alcohol motifs (C(OH)–C–C–N with tert-alkyl or cyclic N) is 1. The van der Waals surface area contributed by atoms with Gasteiger partial charge in [0.15, 0.2) is 0 Å². The van der Waals surface area contributed by atoms with Gasteiger partial charge >= 0.3 is 0 Å². The van der Waals surface area contributed by atoms with E-state index in [4.69, 9.17) is 0 Å². The molecule has 1 heterocycles. The summed E-state index contributed by atoms with van der Waals surface area (Å²) in [6.45, 7) is 10.3. The Hall–Kier alpha value is -0.120. The maximum Gasteiger partial charge on any atom is 0.0689 e. The fourth-order valence-corrected chi connectivity index (χ4v) is 1.65. The normalized spacial score (nSPS) is 27.9. The largest absolute Gasteiger partial charge is 0.392 e. The van der Waals surface area contributed by atoms with Crippen LogP contribution < -0.4 is 5.32 Å². The molecule has 78 valence electrons. The molecule has 0 aromatic rings. The van der Waals surface area contributed by atoms with Crippen molar-refractivity contribution in [2.24, 2.45) is 5.92 Å². The molecule has 3 nitrogen and oxygen atoms in total. The summed E-state index contributed by atoms with van der Waals surface area (Å²) in [6.07, 6.45) is -0.176. The lowest BCUT2D eigenvalue weighted by atomic mass is 10.1. The van der Waals surface area contributed by atoms with Crippen LogP contribution in [0.5, 0.6) is 0 Å². The lowest BCUT2D eigenvalue weighted by molar-refractivity contribution is 0.0650. The van der Waals surface area contributed by atoms with Gasteiger partial charge in [0.05, 0.1) is 6.10 Å². The van der Waals surface area contributed by atoms with Crippen molar-refractivity contribution in [3.05, 3.63) is 0 Å². The van der Waals surface area contributed by atoms with Gasteiger partial charge in [-0.25, -0.2) is 0 Å². The molecule has 1 aliphatic rings. The lowest BCUT2D eigenvalue weighted by Crippen LogP contribution is -2.51. The first-order valence-electron chi connectivity index (χ1n) is 5.23. The van der Waals surface area contributed by atoms with Crippen LogP contribution in [-0.2, 0) is 0 Å². The molecule has 0 amide bonds. The van der Waals surface area contributed by atoms with Gasteiger partial charge in [0.2, 0.25) is 0 Å². The molecule has 2 unspecified atom stereocenters. The van der Waals surface area contributed by atoms with E-state index in [0.717, 1.165) is 26.2 Å². The highest BCUT2D eigenvalue weighted by Gasteiger charge is 2.19. The van der Waals surface area contributed by atoms with E-state index in [1.54, 1.807) is 0 Å². The number of hydrogen-bond acceptors (Lipinski definition) is 3. The highest BCUT2D eigenvalue weighted by molar-refractivity contribution is 4.77. The molecule has 1 saturated heterocycles. The molecule has 0 bridgehead atoms. The third kappa shape index (κ3) is 3.63. The summed E-state index contributed by atoms with van der Waals surface area (Å²) in [5, 5.41) is 13.1. The first-order chi connectivity index (χ1) is 6.09. The Balaban J connectivity index is 2.27. The van der Waals surface area contributed by atoms with Gasteiger partial charge in [-0.3, -0.25) is 4.90 Å². The average Bonchev–Trinajstić information content (AvgIpc) is 2.04. The molecule has 0 aromatic carbocycles. The zero-order valence-corrected chi connectivity index (χ0v) is 8.95.